The molecule has 0 radical (unpaired) electrons. The number of aryl methyl sites for hydroxylation is 2. The van der Waals surface area contributed by atoms with Gasteiger partial charge in [0.2, 0.25) is 5.88 Å². The Hall–Kier alpha value is -2.28. The first kappa shape index (κ1) is 18.1. The van der Waals surface area contributed by atoms with Crippen LogP contribution in [0.5, 0.6) is 5.88 Å². The van der Waals surface area contributed by atoms with E-state index >= 15 is 0 Å². The third kappa shape index (κ3) is 3.31. The van der Waals surface area contributed by atoms with Crippen LogP contribution in [0.3, 0.4) is 0 Å². The van der Waals surface area contributed by atoms with Crippen LogP contribution in [0.4, 0.5) is 5.69 Å². The Morgan fingerprint density at radius 1 is 1.17 bits per heavy atom. The standard InChI is InChI=1S/C17H21N3O3S/c1-6-24-14(18-12-8-7-10(2)11(3)9-12)13-15(21)19(4)17(23)20(5)16(13)22/h7-9,21H,6H2,1-5H3. The van der Waals surface area contributed by atoms with E-state index in [0.29, 0.717) is 16.5 Å². The number of thioether (sulfide) groups is 1. The van der Waals surface area contributed by atoms with Crippen molar-refractivity contribution < 1.29 is 5.11 Å². The van der Waals surface area contributed by atoms with Crippen LogP contribution in [-0.2, 0) is 14.1 Å². The van der Waals surface area contributed by atoms with Gasteiger partial charge in [-0.15, -0.1) is 11.8 Å². The highest BCUT2D eigenvalue weighted by molar-refractivity contribution is 8.14. The summed E-state index contributed by atoms with van der Waals surface area (Å²) in [6.45, 7) is 5.94. The fourth-order valence-electron chi connectivity index (χ4n) is 2.23. The average molecular weight is 347 g/mol. The first-order valence-corrected chi connectivity index (χ1v) is 8.54. The number of aromatic nitrogens is 2. The van der Waals surface area contributed by atoms with E-state index in [2.05, 4.69) is 4.99 Å². The molecule has 0 amide bonds. The smallest absolute Gasteiger partial charge is 0.333 e. The monoisotopic (exact) mass is 347 g/mol. The first-order chi connectivity index (χ1) is 11.3. The van der Waals surface area contributed by atoms with E-state index in [4.69, 9.17) is 0 Å². The maximum Gasteiger partial charge on any atom is 0.333 e. The number of aromatic hydroxyl groups is 1. The lowest BCUT2D eigenvalue weighted by molar-refractivity contribution is 0.410. The molecule has 0 atom stereocenters. The maximum atomic E-state index is 12.5. The molecule has 0 fully saturated rings. The minimum Gasteiger partial charge on any atom is -0.494 e. The second kappa shape index (κ2) is 7.09. The summed E-state index contributed by atoms with van der Waals surface area (Å²) in [5.74, 6) is 0.307. The summed E-state index contributed by atoms with van der Waals surface area (Å²) in [4.78, 5) is 28.9. The molecule has 0 saturated carbocycles. The Morgan fingerprint density at radius 2 is 1.83 bits per heavy atom. The van der Waals surface area contributed by atoms with Crippen LogP contribution in [0, 0.1) is 13.8 Å². The van der Waals surface area contributed by atoms with E-state index in [-0.39, 0.29) is 11.4 Å². The van der Waals surface area contributed by atoms with Gasteiger partial charge in [-0.05, 0) is 42.9 Å². The zero-order valence-electron chi connectivity index (χ0n) is 14.5. The van der Waals surface area contributed by atoms with E-state index in [0.717, 1.165) is 20.3 Å². The van der Waals surface area contributed by atoms with Gasteiger partial charge in [-0.3, -0.25) is 13.9 Å². The van der Waals surface area contributed by atoms with Crippen LogP contribution in [0.1, 0.15) is 23.6 Å². The lowest BCUT2D eigenvalue weighted by Crippen LogP contribution is -2.39. The van der Waals surface area contributed by atoms with Crippen molar-refractivity contribution >= 4 is 22.5 Å². The molecule has 128 valence electrons. The quantitative estimate of drug-likeness (QED) is 0.682. The number of hydrogen-bond acceptors (Lipinski definition) is 5. The molecule has 1 aromatic heterocycles. The van der Waals surface area contributed by atoms with Crippen molar-refractivity contribution in [1.29, 1.82) is 0 Å². The number of hydrogen-bond donors (Lipinski definition) is 1. The second-order valence-electron chi connectivity index (χ2n) is 5.52. The zero-order chi connectivity index (χ0) is 18.0. The second-order valence-corrected chi connectivity index (χ2v) is 6.78. The molecule has 0 aliphatic heterocycles. The molecule has 2 rings (SSSR count). The van der Waals surface area contributed by atoms with Gasteiger partial charge in [0.1, 0.15) is 10.6 Å². The van der Waals surface area contributed by atoms with E-state index in [9.17, 15) is 14.7 Å². The van der Waals surface area contributed by atoms with Crippen molar-refractivity contribution in [3.8, 4) is 5.88 Å². The van der Waals surface area contributed by atoms with Gasteiger partial charge >= 0.3 is 5.69 Å². The molecule has 0 unspecified atom stereocenters. The summed E-state index contributed by atoms with van der Waals surface area (Å²) in [7, 11) is 2.81. The summed E-state index contributed by atoms with van der Waals surface area (Å²) >= 11 is 1.35. The summed E-state index contributed by atoms with van der Waals surface area (Å²) in [5.41, 5.74) is 1.86. The van der Waals surface area contributed by atoms with Gasteiger partial charge in [0.15, 0.2) is 0 Å². The molecule has 0 aliphatic rings. The average Bonchev–Trinajstić information content (AvgIpc) is 2.55. The van der Waals surface area contributed by atoms with Crippen LogP contribution in [0.25, 0.3) is 0 Å². The number of rotatable bonds is 3. The molecule has 0 aliphatic carbocycles. The van der Waals surface area contributed by atoms with E-state index < -0.39 is 11.2 Å². The van der Waals surface area contributed by atoms with Crippen molar-refractivity contribution in [3.05, 3.63) is 55.7 Å². The topological polar surface area (TPSA) is 76.6 Å². The molecule has 2 aromatic rings. The molecule has 1 N–H and O–H groups in total. The predicted molar refractivity (Wildman–Crippen MR) is 98.8 cm³/mol. The highest BCUT2D eigenvalue weighted by atomic mass is 32.2. The van der Waals surface area contributed by atoms with Crippen molar-refractivity contribution in [3.63, 3.8) is 0 Å². The molecule has 24 heavy (non-hydrogen) atoms. The molecule has 1 heterocycles. The Kier molecular flexibility index (Phi) is 5.33. The van der Waals surface area contributed by atoms with Crippen LogP contribution in [0.2, 0.25) is 0 Å². The SMILES string of the molecule is CCSC(=Nc1ccc(C)c(C)c1)c1c(O)n(C)c(=O)n(C)c1=O. The third-order valence-electron chi connectivity index (χ3n) is 3.85. The highest BCUT2D eigenvalue weighted by Crippen LogP contribution is 2.24. The van der Waals surface area contributed by atoms with Gasteiger partial charge in [0.25, 0.3) is 5.56 Å². The minimum absolute atomic E-state index is 0.0460. The summed E-state index contributed by atoms with van der Waals surface area (Å²) < 4.78 is 2.02. The Bertz CT molecular complexity index is 926. The first-order valence-electron chi connectivity index (χ1n) is 7.56. The lowest BCUT2D eigenvalue weighted by atomic mass is 10.1. The lowest BCUT2D eigenvalue weighted by Gasteiger charge is -2.12. The summed E-state index contributed by atoms with van der Waals surface area (Å²) in [5, 5.41) is 10.7. The van der Waals surface area contributed by atoms with Gasteiger partial charge < -0.3 is 5.11 Å². The van der Waals surface area contributed by atoms with Crippen LogP contribution < -0.4 is 11.2 Å². The van der Waals surface area contributed by atoms with Crippen molar-refractivity contribution in [2.75, 3.05) is 5.75 Å². The van der Waals surface area contributed by atoms with E-state index in [1.807, 2.05) is 39.0 Å². The number of nitrogens with zero attached hydrogens (tertiary/aromatic N) is 3. The molecule has 0 bridgehead atoms. The Labute approximate surface area is 144 Å². The largest absolute Gasteiger partial charge is 0.494 e. The zero-order valence-corrected chi connectivity index (χ0v) is 15.3. The van der Waals surface area contributed by atoms with Crippen LogP contribution in [-0.4, -0.2) is 25.0 Å². The van der Waals surface area contributed by atoms with Gasteiger partial charge in [-0.25, -0.2) is 9.79 Å². The van der Waals surface area contributed by atoms with Crippen LogP contribution in [0.15, 0.2) is 32.8 Å². The molecule has 0 spiro atoms. The van der Waals surface area contributed by atoms with E-state index in [1.54, 1.807) is 0 Å². The fourth-order valence-corrected chi connectivity index (χ4v) is 3.00. The van der Waals surface area contributed by atoms with Gasteiger partial charge in [-0.2, -0.15) is 0 Å². The molecule has 0 saturated heterocycles. The van der Waals surface area contributed by atoms with Crippen LogP contribution >= 0.6 is 11.8 Å². The van der Waals surface area contributed by atoms with Gasteiger partial charge in [0.05, 0.1) is 5.69 Å². The highest BCUT2D eigenvalue weighted by Gasteiger charge is 2.20. The fraction of sp³-hybridized carbons (Fsp3) is 0.353. The molecular weight excluding hydrogens is 326 g/mol. The number of aliphatic imine (C=N–C) groups is 1. The maximum absolute atomic E-state index is 12.5. The molecule has 6 nitrogen and oxygen atoms in total. The summed E-state index contributed by atoms with van der Waals surface area (Å²) in [6.07, 6.45) is 0. The Morgan fingerprint density at radius 3 is 2.42 bits per heavy atom. The summed E-state index contributed by atoms with van der Waals surface area (Å²) in [6, 6.07) is 5.75. The molecular formula is C17H21N3O3S. The third-order valence-corrected chi connectivity index (χ3v) is 4.71. The van der Waals surface area contributed by atoms with Gasteiger partial charge in [0, 0.05) is 14.1 Å². The predicted octanol–water partition coefficient (Wildman–Crippen LogP) is 2.24. The molecule has 1 aromatic carbocycles. The van der Waals surface area contributed by atoms with E-state index in [1.165, 1.54) is 25.9 Å². The van der Waals surface area contributed by atoms with Crippen molar-refractivity contribution in [1.82, 2.24) is 9.13 Å². The van der Waals surface area contributed by atoms with Crippen molar-refractivity contribution in [2.45, 2.75) is 20.8 Å². The molecule has 7 heteroatoms. The Balaban J connectivity index is 2.73. The normalized spacial score (nSPS) is 11.8. The van der Waals surface area contributed by atoms with Gasteiger partial charge in [-0.1, -0.05) is 13.0 Å². The number of benzene rings is 1. The van der Waals surface area contributed by atoms with Crippen molar-refractivity contribution in [2.24, 2.45) is 19.1 Å². The minimum atomic E-state index is -0.576.